The molecule has 0 aliphatic rings. The van der Waals surface area contributed by atoms with Crippen LogP contribution in [0.4, 0.5) is 0 Å². The van der Waals surface area contributed by atoms with Crippen LogP contribution in [0.5, 0.6) is 5.75 Å². The van der Waals surface area contributed by atoms with Gasteiger partial charge in [0.15, 0.2) is 11.5 Å². The van der Waals surface area contributed by atoms with E-state index >= 15 is 0 Å². The molecule has 2 aromatic rings. The summed E-state index contributed by atoms with van der Waals surface area (Å²) in [4.78, 5) is 22.8. The lowest BCUT2D eigenvalue weighted by molar-refractivity contribution is -0.123. The molecule has 0 aliphatic heterocycles. The van der Waals surface area contributed by atoms with E-state index in [4.69, 9.17) is 9.84 Å². The molecular formula is C15H15NO4S. The maximum absolute atomic E-state index is 11.8. The Morgan fingerprint density at radius 2 is 2.00 bits per heavy atom. The number of carbonyl (C=O) groups is 2. The zero-order chi connectivity index (χ0) is 15.2. The van der Waals surface area contributed by atoms with Crippen LogP contribution in [-0.4, -0.2) is 23.6 Å². The van der Waals surface area contributed by atoms with E-state index in [1.807, 2.05) is 37.3 Å². The van der Waals surface area contributed by atoms with E-state index < -0.39 is 5.97 Å². The van der Waals surface area contributed by atoms with Crippen molar-refractivity contribution in [3.8, 4) is 5.75 Å². The Labute approximate surface area is 126 Å². The van der Waals surface area contributed by atoms with Crippen LogP contribution in [0.2, 0.25) is 0 Å². The van der Waals surface area contributed by atoms with E-state index in [1.54, 1.807) is 11.4 Å². The molecule has 0 saturated carbocycles. The number of carboxylic acids is 1. The predicted octanol–water partition coefficient (Wildman–Crippen LogP) is 2.70. The van der Waals surface area contributed by atoms with Crippen LogP contribution >= 0.6 is 11.3 Å². The number of nitrogens with one attached hydrogen (secondary N) is 1. The first-order valence-electron chi connectivity index (χ1n) is 6.36. The van der Waals surface area contributed by atoms with E-state index in [0.717, 1.165) is 16.9 Å². The Morgan fingerprint density at radius 3 is 2.67 bits per heavy atom. The van der Waals surface area contributed by atoms with E-state index in [-0.39, 0.29) is 29.2 Å². The molecule has 1 heterocycles. The number of rotatable bonds is 6. The third kappa shape index (κ3) is 4.06. The molecule has 1 unspecified atom stereocenters. The maximum Gasteiger partial charge on any atom is 0.349 e. The number of carboxylic acid groups (broad SMARTS) is 1. The monoisotopic (exact) mass is 305 g/mol. The first-order chi connectivity index (χ1) is 10.1. The van der Waals surface area contributed by atoms with Crippen LogP contribution in [0, 0.1) is 0 Å². The van der Waals surface area contributed by atoms with Gasteiger partial charge < -0.3 is 15.2 Å². The minimum absolute atomic E-state index is 0.0962. The lowest BCUT2D eigenvalue weighted by atomic mass is 10.1. The van der Waals surface area contributed by atoms with Crippen molar-refractivity contribution in [2.75, 3.05) is 6.61 Å². The number of hydrogen-bond acceptors (Lipinski definition) is 4. The van der Waals surface area contributed by atoms with E-state index in [2.05, 4.69) is 5.32 Å². The van der Waals surface area contributed by atoms with Gasteiger partial charge in [0.2, 0.25) is 0 Å². The molecule has 1 atom stereocenters. The Hall–Kier alpha value is -2.34. The summed E-state index contributed by atoms with van der Waals surface area (Å²) in [7, 11) is 0. The van der Waals surface area contributed by atoms with Crippen LogP contribution in [0.15, 0.2) is 41.8 Å². The number of carbonyl (C=O) groups excluding carboxylic acids is 1. The Kier molecular flexibility index (Phi) is 4.94. The zero-order valence-corrected chi connectivity index (χ0v) is 12.2. The first kappa shape index (κ1) is 15.1. The number of thiophene rings is 1. The summed E-state index contributed by atoms with van der Waals surface area (Å²) >= 11 is 1.06. The largest absolute Gasteiger partial charge is 0.482 e. The van der Waals surface area contributed by atoms with Gasteiger partial charge in [0, 0.05) is 0 Å². The van der Waals surface area contributed by atoms with Gasteiger partial charge in [-0.1, -0.05) is 30.3 Å². The number of amides is 1. The van der Waals surface area contributed by atoms with Crippen LogP contribution in [0.25, 0.3) is 0 Å². The molecule has 110 valence electrons. The highest BCUT2D eigenvalue weighted by molar-refractivity contribution is 7.12. The summed E-state index contributed by atoms with van der Waals surface area (Å²) in [6.07, 6.45) is 0. The van der Waals surface area contributed by atoms with Crippen LogP contribution in [0.3, 0.4) is 0 Å². The molecule has 5 nitrogen and oxygen atoms in total. The highest BCUT2D eigenvalue weighted by atomic mass is 32.1. The van der Waals surface area contributed by atoms with Crippen LogP contribution in [-0.2, 0) is 4.79 Å². The van der Waals surface area contributed by atoms with Crippen LogP contribution in [0.1, 0.15) is 28.2 Å². The molecule has 0 spiro atoms. The molecule has 0 bridgehead atoms. The van der Waals surface area contributed by atoms with Crippen molar-refractivity contribution in [1.82, 2.24) is 5.32 Å². The van der Waals surface area contributed by atoms with Crippen molar-refractivity contribution in [1.29, 1.82) is 0 Å². The average molecular weight is 305 g/mol. The lowest BCUT2D eigenvalue weighted by Gasteiger charge is -2.14. The highest BCUT2D eigenvalue weighted by Gasteiger charge is 2.15. The molecule has 0 fully saturated rings. The van der Waals surface area contributed by atoms with Crippen molar-refractivity contribution in [3.05, 3.63) is 52.2 Å². The SMILES string of the molecule is CC(NC(=O)COc1ccsc1C(=O)O)c1ccccc1. The Morgan fingerprint density at radius 1 is 1.29 bits per heavy atom. The second-order valence-electron chi connectivity index (χ2n) is 4.41. The van der Waals surface area contributed by atoms with E-state index in [1.165, 1.54) is 0 Å². The topological polar surface area (TPSA) is 75.6 Å². The fraction of sp³-hybridized carbons (Fsp3) is 0.200. The third-order valence-electron chi connectivity index (χ3n) is 2.86. The van der Waals surface area contributed by atoms with Gasteiger partial charge in [0.1, 0.15) is 5.75 Å². The number of aromatic carboxylic acids is 1. The van der Waals surface area contributed by atoms with Crippen molar-refractivity contribution >= 4 is 23.2 Å². The summed E-state index contributed by atoms with van der Waals surface area (Å²) < 4.78 is 5.25. The molecule has 21 heavy (non-hydrogen) atoms. The molecule has 0 saturated heterocycles. The van der Waals surface area contributed by atoms with Gasteiger partial charge in [-0.05, 0) is 23.9 Å². The highest BCUT2D eigenvalue weighted by Crippen LogP contribution is 2.24. The predicted molar refractivity (Wildman–Crippen MR) is 79.8 cm³/mol. The summed E-state index contributed by atoms with van der Waals surface area (Å²) in [5, 5.41) is 13.4. The molecule has 6 heteroatoms. The van der Waals surface area contributed by atoms with Crippen molar-refractivity contribution in [2.45, 2.75) is 13.0 Å². The molecule has 2 rings (SSSR count). The summed E-state index contributed by atoms with van der Waals surface area (Å²) in [5.74, 6) is -1.14. The second-order valence-corrected chi connectivity index (χ2v) is 5.32. The molecule has 2 N–H and O–H groups in total. The minimum Gasteiger partial charge on any atom is -0.482 e. The summed E-state index contributed by atoms with van der Waals surface area (Å²) in [5.41, 5.74) is 0.993. The fourth-order valence-electron chi connectivity index (χ4n) is 1.82. The molecule has 0 aliphatic carbocycles. The van der Waals surface area contributed by atoms with Gasteiger partial charge in [-0.25, -0.2) is 4.79 Å². The van der Waals surface area contributed by atoms with Crippen molar-refractivity contribution in [3.63, 3.8) is 0 Å². The molecule has 0 radical (unpaired) electrons. The lowest BCUT2D eigenvalue weighted by Crippen LogP contribution is -2.31. The fourth-order valence-corrected chi connectivity index (χ4v) is 2.49. The number of hydrogen-bond donors (Lipinski definition) is 2. The molecule has 1 aromatic heterocycles. The van der Waals surface area contributed by atoms with Gasteiger partial charge in [-0.3, -0.25) is 4.79 Å². The Bertz CT molecular complexity index is 624. The normalized spacial score (nSPS) is 11.7. The molecular weight excluding hydrogens is 290 g/mol. The smallest absolute Gasteiger partial charge is 0.349 e. The zero-order valence-electron chi connectivity index (χ0n) is 11.4. The van der Waals surface area contributed by atoms with Crippen molar-refractivity contribution < 1.29 is 19.4 Å². The standard InChI is InChI=1S/C15H15NO4S/c1-10(11-5-3-2-4-6-11)16-13(17)9-20-12-7-8-21-14(12)15(18)19/h2-8,10H,9H2,1H3,(H,16,17)(H,18,19). The average Bonchev–Trinajstić information content (AvgIpc) is 2.94. The minimum atomic E-state index is -1.06. The van der Waals surface area contributed by atoms with E-state index in [0.29, 0.717) is 0 Å². The van der Waals surface area contributed by atoms with Crippen LogP contribution < -0.4 is 10.1 Å². The van der Waals surface area contributed by atoms with Gasteiger partial charge >= 0.3 is 5.97 Å². The third-order valence-corrected chi connectivity index (χ3v) is 3.74. The second kappa shape index (κ2) is 6.90. The quantitative estimate of drug-likeness (QED) is 0.860. The number of ether oxygens (including phenoxy) is 1. The van der Waals surface area contributed by atoms with Gasteiger partial charge in [-0.2, -0.15) is 0 Å². The van der Waals surface area contributed by atoms with Crippen molar-refractivity contribution in [2.24, 2.45) is 0 Å². The maximum atomic E-state index is 11.8. The van der Waals surface area contributed by atoms with Gasteiger partial charge in [0.25, 0.3) is 5.91 Å². The van der Waals surface area contributed by atoms with Gasteiger partial charge in [-0.15, -0.1) is 11.3 Å². The Balaban J connectivity index is 1.88. The van der Waals surface area contributed by atoms with Gasteiger partial charge in [0.05, 0.1) is 6.04 Å². The molecule has 1 aromatic carbocycles. The summed E-state index contributed by atoms with van der Waals surface area (Å²) in [6, 6.07) is 11.0. The summed E-state index contributed by atoms with van der Waals surface area (Å²) in [6.45, 7) is 1.66. The van der Waals surface area contributed by atoms with E-state index in [9.17, 15) is 9.59 Å². The number of benzene rings is 1. The first-order valence-corrected chi connectivity index (χ1v) is 7.24. The molecule has 1 amide bonds.